The summed E-state index contributed by atoms with van der Waals surface area (Å²) in [4.78, 5) is 19.1. The molecule has 0 N–H and O–H groups in total. The van der Waals surface area contributed by atoms with Crippen LogP contribution in [0.5, 0.6) is 0 Å². The number of carbonyl (C=O) groups excluding carboxylic acids is 1. The van der Waals surface area contributed by atoms with Crippen LogP contribution in [0.15, 0.2) is 54.6 Å². The van der Waals surface area contributed by atoms with Gasteiger partial charge in [-0.2, -0.15) is 0 Å². The monoisotopic (exact) mass is 352 g/mol. The quantitative estimate of drug-likeness (QED) is 0.669. The van der Waals surface area contributed by atoms with Crippen LogP contribution < -0.4 is 4.90 Å². The Hall–Kier alpha value is -3.02. The van der Waals surface area contributed by atoms with E-state index in [2.05, 4.69) is 17.0 Å². The first-order valence-corrected chi connectivity index (χ1v) is 8.66. The summed E-state index contributed by atoms with van der Waals surface area (Å²) in [6, 6.07) is 15.4. The summed E-state index contributed by atoms with van der Waals surface area (Å²) in [5, 5.41) is 4.36. The molecule has 1 heterocycles. The minimum Gasteiger partial charge on any atom is -0.306 e. The van der Waals surface area contributed by atoms with Gasteiger partial charge in [0.25, 0.3) is 5.91 Å². The molecule has 0 aliphatic rings. The molecule has 0 spiro atoms. The highest BCUT2D eigenvalue weighted by atomic mass is 19.1. The van der Waals surface area contributed by atoms with Crippen LogP contribution in [-0.4, -0.2) is 27.2 Å². The Balaban J connectivity index is 1.92. The molecule has 0 radical (unpaired) electrons. The first kappa shape index (κ1) is 17.8. The van der Waals surface area contributed by atoms with Gasteiger partial charge in [0.15, 0.2) is 0 Å². The van der Waals surface area contributed by atoms with E-state index in [1.807, 2.05) is 30.3 Å². The molecule has 0 aliphatic heterocycles. The number of hydrogen-bond acceptors (Lipinski definition) is 3. The Bertz CT molecular complexity index is 875. The lowest BCUT2D eigenvalue weighted by atomic mass is 10.2. The van der Waals surface area contributed by atoms with E-state index in [-0.39, 0.29) is 17.5 Å². The summed E-state index contributed by atoms with van der Waals surface area (Å²) in [6.45, 7) is 4.45. The number of amides is 1. The summed E-state index contributed by atoms with van der Waals surface area (Å²) >= 11 is 0. The topological polar surface area (TPSA) is 51.0 Å². The molecule has 0 fully saturated rings. The zero-order valence-electron chi connectivity index (χ0n) is 14.9. The normalized spacial score (nSPS) is 10.7. The van der Waals surface area contributed by atoms with Crippen LogP contribution in [0.2, 0.25) is 0 Å². The van der Waals surface area contributed by atoms with Crippen LogP contribution in [0.1, 0.15) is 36.2 Å². The number of nitrogens with zero attached hydrogens (tertiary/aromatic N) is 4. The zero-order valence-corrected chi connectivity index (χ0v) is 14.9. The molecule has 1 amide bonds. The summed E-state index contributed by atoms with van der Waals surface area (Å²) in [6.07, 6.45) is 1.87. The second-order valence-electron chi connectivity index (χ2n) is 6.02. The number of unbranched alkanes of at least 4 members (excludes halogenated alkanes) is 1. The summed E-state index contributed by atoms with van der Waals surface area (Å²) < 4.78 is 14.7. The van der Waals surface area contributed by atoms with E-state index in [0.717, 1.165) is 18.5 Å². The molecule has 26 heavy (non-hydrogen) atoms. The molecule has 2 aromatic carbocycles. The molecule has 134 valence electrons. The average Bonchev–Trinajstić information content (AvgIpc) is 3.05. The van der Waals surface area contributed by atoms with Gasteiger partial charge >= 0.3 is 0 Å². The Morgan fingerprint density at radius 1 is 1.12 bits per heavy atom. The van der Waals surface area contributed by atoms with Crippen molar-refractivity contribution in [1.29, 1.82) is 0 Å². The van der Waals surface area contributed by atoms with Crippen molar-refractivity contribution < 1.29 is 9.18 Å². The third-order valence-corrected chi connectivity index (χ3v) is 4.08. The number of aryl methyl sites for hydroxylation is 1. The van der Waals surface area contributed by atoms with Gasteiger partial charge in [-0.25, -0.2) is 14.1 Å². The molecule has 5 nitrogen and oxygen atoms in total. The van der Waals surface area contributed by atoms with Crippen molar-refractivity contribution in [1.82, 2.24) is 14.8 Å². The molecule has 1 aromatic heterocycles. The van der Waals surface area contributed by atoms with Crippen molar-refractivity contribution in [2.75, 3.05) is 11.4 Å². The van der Waals surface area contributed by atoms with Gasteiger partial charge in [-0.15, -0.1) is 5.10 Å². The minimum absolute atomic E-state index is 0.131. The van der Waals surface area contributed by atoms with Gasteiger partial charge in [-0.1, -0.05) is 31.5 Å². The van der Waals surface area contributed by atoms with Crippen LogP contribution in [0, 0.1) is 12.7 Å². The number of carbonyl (C=O) groups is 1. The van der Waals surface area contributed by atoms with Crippen LogP contribution in [0.4, 0.5) is 10.1 Å². The molecule has 0 unspecified atom stereocenters. The number of halogens is 1. The molecule has 0 saturated heterocycles. The number of aromatic nitrogens is 3. The molecule has 3 aromatic rings. The fourth-order valence-corrected chi connectivity index (χ4v) is 2.70. The van der Waals surface area contributed by atoms with Crippen LogP contribution in [0.25, 0.3) is 5.69 Å². The summed E-state index contributed by atoms with van der Waals surface area (Å²) in [5.41, 5.74) is 1.48. The average molecular weight is 352 g/mol. The lowest BCUT2D eigenvalue weighted by Crippen LogP contribution is -2.32. The first-order chi connectivity index (χ1) is 12.6. The van der Waals surface area contributed by atoms with Gasteiger partial charge in [0.1, 0.15) is 11.6 Å². The van der Waals surface area contributed by atoms with E-state index in [9.17, 15) is 9.18 Å². The SMILES string of the molecule is CCCCN(C(=O)c1nc(C)n(-c2ccc(F)cc2)n1)c1ccccc1. The molecule has 0 aliphatic carbocycles. The van der Waals surface area contributed by atoms with Gasteiger partial charge in [-0.3, -0.25) is 4.79 Å². The first-order valence-electron chi connectivity index (χ1n) is 8.66. The molecule has 0 atom stereocenters. The van der Waals surface area contributed by atoms with E-state index >= 15 is 0 Å². The highest BCUT2D eigenvalue weighted by molar-refractivity contribution is 6.03. The maximum Gasteiger partial charge on any atom is 0.297 e. The van der Waals surface area contributed by atoms with Crippen molar-refractivity contribution in [2.24, 2.45) is 0 Å². The molecule has 3 rings (SSSR count). The standard InChI is InChI=1S/C20H21FN4O/c1-3-4-14-24(17-8-6-5-7-9-17)20(26)19-22-15(2)25(23-19)18-12-10-16(21)11-13-18/h5-13H,3-4,14H2,1-2H3. The highest BCUT2D eigenvalue weighted by Crippen LogP contribution is 2.18. The molecule has 6 heteroatoms. The van der Waals surface area contributed by atoms with Crippen LogP contribution in [-0.2, 0) is 0 Å². The molecular weight excluding hydrogens is 331 g/mol. The number of para-hydroxylation sites is 1. The van der Waals surface area contributed by atoms with Gasteiger partial charge in [-0.05, 0) is 49.7 Å². The largest absolute Gasteiger partial charge is 0.306 e. The number of rotatable bonds is 6. The molecule has 0 bridgehead atoms. The number of anilines is 1. The van der Waals surface area contributed by atoms with Crippen LogP contribution in [0.3, 0.4) is 0 Å². The maximum absolute atomic E-state index is 13.1. The molecule has 0 saturated carbocycles. The minimum atomic E-state index is -0.322. The van der Waals surface area contributed by atoms with Gasteiger partial charge < -0.3 is 4.90 Å². The molecular formula is C20H21FN4O. The van der Waals surface area contributed by atoms with E-state index in [1.54, 1.807) is 28.6 Å². The fourth-order valence-electron chi connectivity index (χ4n) is 2.70. The van der Waals surface area contributed by atoms with Crippen molar-refractivity contribution in [3.8, 4) is 5.69 Å². The number of hydrogen-bond donors (Lipinski definition) is 0. The third-order valence-electron chi connectivity index (χ3n) is 4.08. The van der Waals surface area contributed by atoms with Gasteiger partial charge in [0.2, 0.25) is 5.82 Å². The van der Waals surface area contributed by atoms with Gasteiger partial charge in [0, 0.05) is 12.2 Å². The van der Waals surface area contributed by atoms with E-state index in [0.29, 0.717) is 18.1 Å². The van der Waals surface area contributed by atoms with Crippen molar-refractivity contribution >= 4 is 11.6 Å². The Morgan fingerprint density at radius 3 is 2.46 bits per heavy atom. The van der Waals surface area contributed by atoms with Crippen molar-refractivity contribution in [3.63, 3.8) is 0 Å². The Labute approximate surface area is 152 Å². The third kappa shape index (κ3) is 3.79. The van der Waals surface area contributed by atoms with E-state index in [4.69, 9.17) is 0 Å². The Kier molecular flexibility index (Phi) is 5.41. The summed E-state index contributed by atoms with van der Waals surface area (Å²) in [5.74, 6) is 0.140. The summed E-state index contributed by atoms with van der Waals surface area (Å²) in [7, 11) is 0. The van der Waals surface area contributed by atoms with E-state index in [1.165, 1.54) is 12.1 Å². The lowest BCUT2D eigenvalue weighted by Gasteiger charge is -2.21. The van der Waals surface area contributed by atoms with Crippen molar-refractivity contribution in [2.45, 2.75) is 26.7 Å². The second kappa shape index (κ2) is 7.91. The smallest absolute Gasteiger partial charge is 0.297 e. The predicted molar refractivity (Wildman–Crippen MR) is 99.1 cm³/mol. The van der Waals surface area contributed by atoms with Crippen molar-refractivity contribution in [3.05, 3.63) is 72.1 Å². The fraction of sp³-hybridized carbons (Fsp3) is 0.250. The highest BCUT2D eigenvalue weighted by Gasteiger charge is 2.22. The predicted octanol–water partition coefficient (Wildman–Crippen LogP) is 4.16. The number of benzene rings is 2. The van der Waals surface area contributed by atoms with Crippen LogP contribution >= 0.6 is 0 Å². The lowest BCUT2D eigenvalue weighted by molar-refractivity contribution is 0.0976. The Morgan fingerprint density at radius 2 is 1.81 bits per heavy atom. The van der Waals surface area contributed by atoms with Gasteiger partial charge in [0.05, 0.1) is 5.69 Å². The van der Waals surface area contributed by atoms with E-state index < -0.39 is 0 Å². The maximum atomic E-state index is 13.1. The zero-order chi connectivity index (χ0) is 18.5. The second-order valence-corrected chi connectivity index (χ2v) is 6.02.